The van der Waals surface area contributed by atoms with E-state index in [0.29, 0.717) is 36.4 Å². The minimum absolute atomic E-state index is 0.339. The third-order valence-corrected chi connectivity index (χ3v) is 1.74. The molecule has 14 heavy (non-hydrogen) atoms. The molecule has 78 valence electrons. The second-order valence-corrected chi connectivity index (χ2v) is 3.02. The van der Waals surface area contributed by atoms with Crippen LogP contribution in [0.5, 0.6) is 5.75 Å². The van der Waals surface area contributed by atoms with Crippen molar-refractivity contribution in [3.05, 3.63) is 17.3 Å². The first kappa shape index (κ1) is 11.1. The summed E-state index contributed by atoms with van der Waals surface area (Å²) in [6.45, 7) is 3.57. The second kappa shape index (κ2) is 5.67. The van der Waals surface area contributed by atoms with Crippen molar-refractivity contribution in [2.24, 2.45) is 0 Å². The van der Waals surface area contributed by atoms with Crippen molar-refractivity contribution in [1.29, 1.82) is 0 Å². The van der Waals surface area contributed by atoms with E-state index in [1.54, 1.807) is 6.07 Å². The van der Waals surface area contributed by atoms with E-state index in [2.05, 4.69) is 4.98 Å². The molecule has 0 saturated carbocycles. The Bertz CT molecular complexity index is 294. The van der Waals surface area contributed by atoms with Gasteiger partial charge in [-0.15, -0.1) is 0 Å². The molecule has 0 aliphatic rings. The van der Waals surface area contributed by atoms with Crippen LogP contribution in [-0.2, 0) is 4.74 Å². The molecule has 1 heterocycles. The van der Waals surface area contributed by atoms with Crippen LogP contribution in [0.2, 0.25) is 5.02 Å². The smallest absolute Gasteiger partial charge is 0.166 e. The Hall–Kier alpha value is -1.00. The summed E-state index contributed by atoms with van der Waals surface area (Å²) in [5, 5.41) is 0.505. The first-order valence-electron chi connectivity index (χ1n) is 4.35. The van der Waals surface area contributed by atoms with Crippen LogP contribution in [0.4, 0.5) is 5.82 Å². The molecule has 0 saturated heterocycles. The van der Waals surface area contributed by atoms with Gasteiger partial charge in [-0.25, -0.2) is 4.98 Å². The molecule has 0 bridgehead atoms. The van der Waals surface area contributed by atoms with Gasteiger partial charge in [0.1, 0.15) is 6.61 Å². The molecule has 0 radical (unpaired) electrons. The Kier molecular flexibility index (Phi) is 4.49. The van der Waals surface area contributed by atoms with Crippen molar-refractivity contribution < 1.29 is 9.47 Å². The minimum Gasteiger partial charge on any atom is -0.487 e. The fourth-order valence-electron chi connectivity index (χ4n) is 0.902. The topological polar surface area (TPSA) is 57.4 Å². The predicted octanol–water partition coefficient (Wildman–Crippen LogP) is 1.73. The Morgan fingerprint density at radius 3 is 3.00 bits per heavy atom. The second-order valence-electron chi connectivity index (χ2n) is 2.58. The maximum atomic E-state index is 5.73. The molecule has 1 aromatic rings. The van der Waals surface area contributed by atoms with E-state index in [-0.39, 0.29) is 0 Å². The van der Waals surface area contributed by atoms with Gasteiger partial charge in [0.15, 0.2) is 11.6 Å². The Balaban J connectivity index is 2.45. The highest BCUT2D eigenvalue weighted by molar-refractivity contribution is 6.30. The Morgan fingerprint density at radius 1 is 1.50 bits per heavy atom. The van der Waals surface area contributed by atoms with E-state index >= 15 is 0 Å². The quantitative estimate of drug-likeness (QED) is 0.762. The fourth-order valence-corrected chi connectivity index (χ4v) is 1.05. The van der Waals surface area contributed by atoms with Gasteiger partial charge < -0.3 is 15.2 Å². The predicted molar refractivity (Wildman–Crippen MR) is 55.6 cm³/mol. The molecule has 0 aliphatic heterocycles. The van der Waals surface area contributed by atoms with Crippen LogP contribution in [-0.4, -0.2) is 24.8 Å². The number of nitrogens with zero attached hydrogens (tertiary/aromatic N) is 1. The molecule has 0 atom stereocenters. The van der Waals surface area contributed by atoms with Gasteiger partial charge in [0.25, 0.3) is 0 Å². The van der Waals surface area contributed by atoms with Gasteiger partial charge in [-0.2, -0.15) is 0 Å². The number of ether oxygens (including phenoxy) is 2. The zero-order valence-corrected chi connectivity index (χ0v) is 8.75. The van der Waals surface area contributed by atoms with Crippen LogP contribution >= 0.6 is 11.6 Å². The summed E-state index contributed by atoms with van der Waals surface area (Å²) in [5.74, 6) is 0.836. The summed E-state index contributed by atoms with van der Waals surface area (Å²) in [6, 6.07) is 1.63. The lowest BCUT2D eigenvalue weighted by Gasteiger charge is -2.07. The molecule has 0 aromatic carbocycles. The molecule has 4 nitrogen and oxygen atoms in total. The van der Waals surface area contributed by atoms with Crippen molar-refractivity contribution in [1.82, 2.24) is 4.98 Å². The van der Waals surface area contributed by atoms with Crippen molar-refractivity contribution in [3.63, 3.8) is 0 Å². The maximum absolute atomic E-state index is 5.73. The van der Waals surface area contributed by atoms with Gasteiger partial charge >= 0.3 is 0 Å². The largest absolute Gasteiger partial charge is 0.487 e. The van der Waals surface area contributed by atoms with E-state index in [1.807, 2.05) is 6.92 Å². The normalized spacial score (nSPS) is 10.1. The lowest BCUT2D eigenvalue weighted by molar-refractivity contribution is 0.110. The average molecular weight is 217 g/mol. The van der Waals surface area contributed by atoms with Gasteiger partial charge in [-0.1, -0.05) is 11.6 Å². The summed E-state index contributed by atoms with van der Waals surface area (Å²) >= 11 is 5.73. The lowest BCUT2D eigenvalue weighted by atomic mass is 10.4. The highest BCUT2D eigenvalue weighted by atomic mass is 35.5. The third-order valence-electron chi connectivity index (χ3n) is 1.54. The summed E-state index contributed by atoms with van der Waals surface area (Å²) in [4.78, 5) is 3.86. The van der Waals surface area contributed by atoms with Crippen LogP contribution in [0.15, 0.2) is 12.3 Å². The summed E-state index contributed by atoms with van der Waals surface area (Å²) < 4.78 is 10.4. The number of halogens is 1. The number of aromatic nitrogens is 1. The number of rotatable bonds is 5. The Labute approximate surface area is 88.0 Å². The monoisotopic (exact) mass is 216 g/mol. The number of nitrogen functional groups attached to an aromatic ring is 1. The summed E-state index contributed by atoms with van der Waals surface area (Å²) in [7, 11) is 0. The molecule has 0 fully saturated rings. The average Bonchev–Trinajstić information content (AvgIpc) is 2.18. The standard InChI is InChI=1S/C9H13ClN2O2/c1-2-13-3-4-14-8-5-7(10)6-12-9(8)11/h5-6H,2-4H2,1H3,(H2,11,12). The van der Waals surface area contributed by atoms with Crippen LogP contribution in [0.3, 0.4) is 0 Å². The molecule has 0 spiro atoms. The molecule has 1 rings (SSSR count). The van der Waals surface area contributed by atoms with Crippen LogP contribution in [0.1, 0.15) is 6.92 Å². The van der Waals surface area contributed by atoms with Crippen molar-refractivity contribution in [3.8, 4) is 5.75 Å². The van der Waals surface area contributed by atoms with Crippen LogP contribution in [0.25, 0.3) is 0 Å². The van der Waals surface area contributed by atoms with Gasteiger partial charge in [-0.05, 0) is 6.92 Å². The highest BCUT2D eigenvalue weighted by Crippen LogP contribution is 2.22. The third kappa shape index (κ3) is 3.40. The first-order chi connectivity index (χ1) is 6.74. The van der Waals surface area contributed by atoms with Crippen molar-refractivity contribution in [2.45, 2.75) is 6.92 Å². The van der Waals surface area contributed by atoms with Crippen molar-refractivity contribution >= 4 is 17.4 Å². The van der Waals surface area contributed by atoms with Gasteiger partial charge in [-0.3, -0.25) is 0 Å². The number of hydrogen-bond donors (Lipinski definition) is 1. The molecule has 0 unspecified atom stereocenters. The van der Waals surface area contributed by atoms with Gasteiger partial charge in [0, 0.05) is 18.9 Å². The molecule has 0 aliphatic carbocycles. The van der Waals surface area contributed by atoms with E-state index in [0.717, 1.165) is 0 Å². The molecule has 1 aromatic heterocycles. The van der Waals surface area contributed by atoms with Crippen molar-refractivity contribution in [2.75, 3.05) is 25.6 Å². The molecular weight excluding hydrogens is 204 g/mol. The number of anilines is 1. The number of hydrogen-bond acceptors (Lipinski definition) is 4. The molecule has 0 amide bonds. The van der Waals surface area contributed by atoms with E-state index in [1.165, 1.54) is 6.20 Å². The number of pyridine rings is 1. The van der Waals surface area contributed by atoms with E-state index < -0.39 is 0 Å². The van der Waals surface area contributed by atoms with Crippen LogP contribution < -0.4 is 10.5 Å². The summed E-state index contributed by atoms with van der Waals surface area (Å²) in [5.41, 5.74) is 5.57. The Morgan fingerprint density at radius 2 is 2.29 bits per heavy atom. The SMILES string of the molecule is CCOCCOc1cc(Cl)cnc1N. The number of nitrogens with two attached hydrogens (primary N) is 1. The fraction of sp³-hybridized carbons (Fsp3) is 0.444. The first-order valence-corrected chi connectivity index (χ1v) is 4.73. The zero-order chi connectivity index (χ0) is 10.4. The highest BCUT2D eigenvalue weighted by Gasteiger charge is 2.02. The molecular formula is C9H13ClN2O2. The van der Waals surface area contributed by atoms with Gasteiger partial charge in [0.05, 0.1) is 11.6 Å². The van der Waals surface area contributed by atoms with E-state index in [9.17, 15) is 0 Å². The van der Waals surface area contributed by atoms with Crippen LogP contribution in [0, 0.1) is 0 Å². The maximum Gasteiger partial charge on any atom is 0.166 e. The molecule has 2 N–H and O–H groups in total. The van der Waals surface area contributed by atoms with Gasteiger partial charge in [0.2, 0.25) is 0 Å². The summed E-state index contributed by atoms with van der Waals surface area (Å²) in [6.07, 6.45) is 1.48. The molecule has 5 heteroatoms. The zero-order valence-electron chi connectivity index (χ0n) is 8.00. The minimum atomic E-state index is 0.339. The lowest BCUT2D eigenvalue weighted by Crippen LogP contribution is -2.08. The van der Waals surface area contributed by atoms with E-state index in [4.69, 9.17) is 26.8 Å².